The molecule has 1 unspecified atom stereocenters. The lowest BCUT2D eigenvalue weighted by molar-refractivity contribution is -0.185. The first kappa shape index (κ1) is 18.8. The van der Waals surface area contributed by atoms with Gasteiger partial charge in [-0.15, -0.1) is 0 Å². The Balaban J connectivity index is 2.21. The molecule has 2 N–H and O–H groups in total. The van der Waals surface area contributed by atoms with Gasteiger partial charge in [0.15, 0.2) is 5.88 Å². The van der Waals surface area contributed by atoms with Gasteiger partial charge in [0, 0.05) is 12.8 Å². The number of carbonyl (C=O) groups is 1. The number of halogens is 3. The summed E-state index contributed by atoms with van der Waals surface area (Å²) >= 11 is 0. The lowest BCUT2D eigenvalue weighted by Gasteiger charge is -2.26. The average Bonchev–Trinajstić information content (AvgIpc) is 3.06. The monoisotopic (exact) mass is 355 g/mol. The topological polar surface area (TPSA) is 67.9 Å². The van der Waals surface area contributed by atoms with Crippen molar-refractivity contribution in [1.82, 2.24) is 4.90 Å². The van der Waals surface area contributed by atoms with E-state index in [1.54, 1.807) is 0 Å². The molecule has 0 bridgehead atoms. The van der Waals surface area contributed by atoms with Crippen LogP contribution in [0.5, 0.6) is 0 Å². The fraction of sp³-hybridized carbons (Fsp3) is 0.412. The SMILES string of the molecule is COC(N)=C(C=NCc1ccccc1)C1CCCN1C(=O)C(F)(F)F. The molecule has 1 aliphatic rings. The highest BCUT2D eigenvalue weighted by Crippen LogP contribution is 2.29. The van der Waals surface area contributed by atoms with Crippen LogP contribution in [0.1, 0.15) is 18.4 Å². The number of benzene rings is 1. The second-order valence-corrected chi connectivity index (χ2v) is 5.63. The van der Waals surface area contributed by atoms with Gasteiger partial charge in [0.2, 0.25) is 0 Å². The molecular formula is C17H20F3N3O2. The Kier molecular flexibility index (Phi) is 6.06. The summed E-state index contributed by atoms with van der Waals surface area (Å²) in [5.41, 5.74) is 7.03. The van der Waals surface area contributed by atoms with E-state index in [9.17, 15) is 18.0 Å². The van der Waals surface area contributed by atoms with Gasteiger partial charge >= 0.3 is 12.1 Å². The van der Waals surface area contributed by atoms with E-state index in [1.165, 1.54) is 13.3 Å². The van der Waals surface area contributed by atoms with Crippen LogP contribution < -0.4 is 5.73 Å². The zero-order valence-corrected chi connectivity index (χ0v) is 13.8. The predicted octanol–water partition coefficient (Wildman–Crippen LogP) is 2.63. The van der Waals surface area contributed by atoms with Crippen molar-refractivity contribution < 1.29 is 22.7 Å². The zero-order chi connectivity index (χ0) is 18.4. The Labute approximate surface area is 144 Å². The van der Waals surface area contributed by atoms with Crippen molar-refractivity contribution in [1.29, 1.82) is 0 Å². The quantitative estimate of drug-likeness (QED) is 0.652. The maximum Gasteiger partial charge on any atom is 0.471 e. The van der Waals surface area contributed by atoms with Gasteiger partial charge in [-0.1, -0.05) is 30.3 Å². The minimum absolute atomic E-state index is 0.0238. The van der Waals surface area contributed by atoms with E-state index in [0.717, 1.165) is 10.5 Å². The van der Waals surface area contributed by atoms with Gasteiger partial charge in [-0.05, 0) is 18.4 Å². The Morgan fingerprint density at radius 3 is 2.68 bits per heavy atom. The second kappa shape index (κ2) is 8.04. The number of rotatable bonds is 5. The van der Waals surface area contributed by atoms with E-state index in [4.69, 9.17) is 10.5 Å². The van der Waals surface area contributed by atoms with Crippen LogP contribution in [-0.2, 0) is 16.1 Å². The third-order valence-electron chi connectivity index (χ3n) is 3.97. The molecule has 0 radical (unpaired) electrons. The summed E-state index contributed by atoms with van der Waals surface area (Å²) in [6.07, 6.45) is -2.69. The number of nitrogens with zero attached hydrogens (tertiary/aromatic N) is 2. The van der Waals surface area contributed by atoms with E-state index in [2.05, 4.69) is 4.99 Å². The van der Waals surface area contributed by atoms with Crippen molar-refractivity contribution in [3.05, 3.63) is 47.4 Å². The van der Waals surface area contributed by atoms with Crippen molar-refractivity contribution in [2.24, 2.45) is 10.7 Å². The Hall–Kier alpha value is -2.51. The first-order valence-electron chi connectivity index (χ1n) is 7.79. The molecule has 1 fully saturated rings. The number of amides is 1. The molecule has 1 aliphatic heterocycles. The summed E-state index contributed by atoms with van der Waals surface area (Å²) in [4.78, 5) is 16.7. The first-order chi connectivity index (χ1) is 11.8. The smallest absolute Gasteiger partial charge is 0.471 e. The Morgan fingerprint density at radius 2 is 2.08 bits per heavy atom. The number of carbonyl (C=O) groups excluding carboxylic acids is 1. The van der Waals surface area contributed by atoms with Crippen LogP contribution in [0.15, 0.2) is 46.8 Å². The normalized spacial score (nSPS) is 19.2. The van der Waals surface area contributed by atoms with Crippen LogP contribution in [0.25, 0.3) is 0 Å². The Morgan fingerprint density at radius 1 is 1.40 bits per heavy atom. The van der Waals surface area contributed by atoms with Gasteiger partial charge in [0.05, 0.1) is 25.3 Å². The number of hydrogen-bond donors (Lipinski definition) is 1. The van der Waals surface area contributed by atoms with Gasteiger partial charge < -0.3 is 15.4 Å². The number of methoxy groups -OCH3 is 1. The van der Waals surface area contributed by atoms with Crippen LogP contribution in [0.4, 0.5) is 13.2 Å². The molecule has 5 nitrogen and oxygen atoms in total. The molecule has 0 spiro atoms. The summed E-state index contributed by atoms with van der Waals surface area (Å²) in [5.74, 6) is -1.91. The summed E-state index contributed by atoms with van der Waals surface area (Å²) in [6.45, 7) is 0.372. The third-order valence-corrected chi connectivity index (χ3v) is 3.97. The van der Waals surface area contributed by atoms with Gasteiger partial charge in [0.1, 0.15) is 0 Å². The van der Waals surface area contributed by atoms with E-state index in [1.807, 2.05) is 30.3 Å². The van der Waals surface area contributed by atoms with Crippen LogP contribution in [0.3, 0.4) is 0 Å². The minimum atomic E-state index is -4.92. The third kappa shape index (κ3) is 4.74. The molecule has 25 heavy (non-hydrogen) atoms. The lowest BCUT2D eigenvalue weighted by Crippen LogP contribution is -2.45. The van der Waals surface area contributed by atoms with Crippen LogP contribution in [-0.4, -0.2) is 42.9 Å². The van der Waals surface area contributed by atoms with E-state index >= 15 is 0 Å². The average molecular weight is 355 g/mol. The van der Waals surface area contributed by atoms with Crippen molar-refractivity contribution in [2.75, 3.05) is 13.7 Å². The summed E-state index contributed by atoms with van der Waals surface area (Å²) in [5, 5.41) is 0. The van der Waals surface area contributed by atoms with Crippen LogP contribution in [0.2, 0.25) is 0 Å². The highest BCUT2D eigenvalue weighted by Gasteiger charge is 2.47. The maximum atomic E-state index is 12.8. The number of ether oxygens (including phenoxy) is 1. The first-order valence-corrected chi connectivity index (χ1v) is 7.79. The van der Waals surface area contributed by atoms with Crippen molar-refractivity contribution in [3.8, 4) is 0 Å². The van der Waals surface area contributed by atoms with Crippen molar-refractivity contribution in [3.63, 3.8) is 0 Å². The van der Waals surface area contributed by atoms with Crippen LogP contribution >= 0.6 is 0 Å². The molecule has 1 saturated heterocycles. The summed E-state index contributed by atoms with van der Waals surface area (Å²) in [7, 11) is 1.32. The molecule has 2 rings (SSSR count). The van der Waals surface area contributed by atoms with Gasteiger partial charge in [-0.2, -0.15) is 13.2 Å². The Bertz CT molecular complexity index is 657. The molecule has 1 atom stereocenters. The van der Waals surface area contributed by atoms with E-state index < -0.39 is 18.1 Å². The fourth-order valence-corrected chi connectivity index (χ4v) is 2.76. The molecular weight excluding hydrogens is 335 g/mol. The molecule has 0 aliphatic carbocycles. The van der Waals surface area contributed by atoms with Gasteiger partial charge in [-0.3, -0.25) is 9.79 Å². The molecule has 1 aromatic carbocycles. The second-order valence-electron chi connectivity index (χ2n) is 5.63. The number of alkyl halides is 3. The molecule has 136 valence electrons. The summed E-state index contributed by atoms with van der Waals surface area (Å²) in [6, 6.07) is 8.58. The fourth-order valence-electron chi connectivity index (χ4n) is 2.76. The number of nitrogens with two attached hydrogens (primary N) is 1. The van der Waals surface area contributed by atoms with Crippen molar-refractivity contribution in [2.45, 2.75) is 31.6 Å². The number of aliphatic imine (C=N–C) groups is 1. The largest absolute Gasteiger partial charge is 0.482 e. The van der Waals surface area contributed by atoms with Crippen molar-refractivity contribution >= 4 is 12.1 Å². The minimum Gasteiger partial charge on any atom is -0.482 e. The lowest BCUT2D eigenvalue weighted by atomic mass is 10.1. The molecule has 1 heterocycles. The maximum absolute atomic E-state index is 12.8. The standard InChI is InChI=1S/C17H20F3N3O2/c1-25-15(21)13(11-22-10-12-6-3-2-4-7-12)14-8-5-9-23(14)16(24)17(18,19)20/h2-4,6-7,11,14H,5,8-10,21H2,1H3. The predicted molar refractivity (Wildman–Crippen MR) is 87.7 cm³/mol. The molecule has 8 heteroatoms. The highest BCUT2D eigenvalue weighted by molar-refractivity contribution is 5.86. The van der Waals surface area contributed by atoms with Gasteiger partial charge in [0.25, 0.3) is 0 Å². The van der Waals surface area contributed by atoms with Gasteiger partial charge in [-0.25, -0.2) is 0 Å². The highest BCUT2D eigenvalue weighted by atomic mass is 19.4. The van der Waals surface area contributed by atoms with E-state index in [-0.39, 0.29) is 18.0 Å². The van der Waals surface area contributed by atoms with E-state index in [0.29, 0.717) is 19.4 Å². The molecule has 0 saturated carbocycles. The molecule has 1 aromatic rings. The molecule has 0 aromatic heterocycles. The molecule has 1 amide bonds. The zero-order valence-electron chi connectivity index (χ0n) is 13.8. The number of hydrogen-bond acceptors (Lipinski definition) is 4. The summed E-state index contributed by atoms with van der Waals surface area (Å²) < 4.78 is 43.4. The van der Waals surface area contributed by atoms with Crippen LogP contribution in [0, 0.1) is 0 Å². The number of likely N-dealkylation sites (tertiary alicyclic amines) is 1.